The van der Waals surface area contributed by atoms with E-state index in [0.717, 1.165) is 31.4 Å². The maximum Gasteiger partial charge on any atom is 0.117 e. The van der Waals surface area contributed by atoms with Crippen molar-refractivity contribution in [1.29, 1.82) is 0 Å². The lowest BCUT2D eigenvalue weighted by Crippen LogP contribution is -2.41. The van der Waals surface area contributed by atoms with Gasteiger partial charge in [0.25, 0.3) is 0 Å². The molecule has 1 aliphatic carbocycles. The molecule has 1 unspecified atom stereocenters. The lowest BCUT2D eigenvalue weighted by atomic mass is 10.2. The van der Waals surface area contributed by atoms with Gasteiger partial charge >= 0.3 is 0 Å². The first-order valence-electron chi connectivity index (χ1n) is 7.33. The van der Waals surface area contributed by atoms with Gasteiger partial charge in [-0.05, 0) is 54.3 Å². The summed E-state index contributed by atoms with van der Waals surface area (Å²) in [6.07, 6.45) is 4.44. The quantitative estimate of drug-likeness (QED) is 0.807. The van der Waals surface area contributed by atoms with Crippen LogP contribution >= 0.6 is 11.3 Å². The van der Waals surface area contributed by atoms with E-state index in [9.17, 15) is 0 Å². The van der Waals surface area contributed by atoms with E-state index < -0.39 is 0 Å². The fourth-order valence-corrected chi connectivity index (χ4v) is 3.24. The van der Waals surface area contributed by atoms with Crippen molar-refractivity contribution in [3.05, 3.63) is 46.5 Å². The molecule has 20 heavy (non-hydrogen) atoms. The van der Waals surface area contributed by atoms with Gasteiger partial charge in [0.05, 0.1) is 12.8 Å². The predicted molar refractivity (Wildman–Crippen MR) is 82.8 cm³/mol. The zero-order valence-electron chi connectivity index (χ0n) is 11.9. The lowest BCUT2D eigenvalue weighted by Gasteiger charge is -2.29. The van der Waals surface area contributed by atoms with Crippen molar-refractivity contribution in [3.63, 3.8) is 0 Å². The van der Waals surface area contributed by atoms with Crippen LogP contribution in [0.25, 0.3) is 0 Å². The van der Waals surface area contributed by atoms with Crippen LogP contribution in [0.4, 0.5) is 0 Å². The summed E-state index contributed by atoms with van der Waals surface area (Å²) in [5, 5.41) is 7.93. The van der Waals surface area contributed by atoms with Crippen LogP contribution in [-0.4, -0.2) is 23.5 Å². The molecule has 4 heteroatoms. The Labute approximate surface area is 124 Å². The minimum atomic E-state index is 0.553. The first kappa shape index (κ1) is 13.9. The fraction of sp³-hybridized carbons (Fsp3) is 0.500. The van der Waals surface area contributed by atoms with Crippen molar-refractivity contribution < 1.29 is 4.42 Å². The highest BCUT2D eigenvalue weighted by Gasteiger charge is 2.31. The molecule has 0 radical (unpaired) electrons. The van der Waals surface area contributed by atoms with Crippen LogP contribution in [0.3, 0.4) is 0 Å². The van der Waals surface area contributed by atoms with Crippen molar-refractivity contribution in [1.82, 2.24) is 10.2 Å². The van der Waals surface area contributed by atoms with Gasteiger partial charge in [-0.3, -0.25) is 4.90 Å². The van der Waals surface area contributed by atoms with Crippen molar-refractivity contribution >= 4 is 11.3 Å². The number of nitrogens with zero attached hydrogens (tertiary/aromatic N) is 1. The van der Waals surface area contributed by atoms with Gasteiger partial charge in [-0.15, -0.1) is 0 Å². The van der Waals surface area contributed by atoms with E-state index in [1.54, 1.807) is 17.6 Å². The van der Waals surface area contributed by atoms with Gasteiger partial charge in [-0.25, -0.2) is 0 Å². The SMILES string of the molecule is CC(CNCc1ccco1)N(Cc1ccsc1)C1CC1. The number of thiophene rings is 1. The standard InChI is InChI=1S/C16H22N2OS/c1-13(9-17-10-16-3-2-7-19-16)18(15-4-5-15)11-14-6-8-20-12-14/h2-3,6-8,12-13,15,17H,4-5,9-11H2,1H3. The van der Waals surface area contributed by atoms with E-state index in [-0.39, 0.29) is 0 Å². The van der Waals surface area contributed by atoms with Crippen molar-refractivity contribution in [2.24, 2.45) is 0 Å². The Morgan fingerprint density at radius 3 is 3.00 bits per heavy atom. The molecule has 2 aromatic rings. The fourth-order valence-electron chi connectivity index (χ4n) is 2.58. The second-order valence-electron chi connectivity index (χ2n) is 5.59. The Morgan fingerprint density at radius 2 is 2.35 bits per heavy atom. The smallest absolute Gasteiger partial charge is 0.117 e. The van der Waals surface area contributed by atoms with Crippen LogP contribution in [0, 0.1) is 0 Å². The van der Waals surface area contributed by atoms with E-state index in [4.69, 9.17) is 4.42 Å². The first-order chi connectivity index (χ1) is 9.83. The van der Waals surface area contributed by atoms with E-state index in [0.29, 0.717) is 6.04 Å². The lowest BCUT2D eigenvalue weighted by molar-refractivity contribution is 0.184. The molecule has 3 nitrogen and oxygen atoms in total. The van der Waals surface area contributed by atoms with Gasteiger partial charge in [0.1, 0.15) is 5.76 Å². The van der Waals surface area contributed by atoms with Gasteiger partial charge in [-0.1, -0.05) is 0 Å². The van der Waals surface area contributed by atoms with Crippen LogP contribution in [0.2, 0.25) is 0 Å². The molecule has 0 aromatic carbocycles. The number of hydrogen-bond donors (Lipinski definition) is 1. The Hall–Kier alpha value is -1.10. The molecular weight excluding hydrogens is 268 g/mol. The normalized spacial score (nSPS) is 16.7. The summed E-state index contributed by atoms with van der Waals surface area (Å²) in [4.78, 5) is 2.64. The number of hydrogen-bond acceptors (Lipinski definition) is 4. The molecule has 1 N–H and O–H groups in total. The second-order valence-corrected chi connectivity index (χ2v) is 6.37. The summed E-state index contributed by atoms with van der Waals surface area (Å²) >= 11 is 1.79. The highest BCUT2D eigenvalue weighted by Crippen LogP contribution is 2.30. The van der Waals surface area contributed by atoms with Crippen molar-refractivity contribution in [2.45, 2.75) is 44.9 Å². The third-order valence-electron chi connectivity index (χ3n) is 3.85. The monoisotopic (exact) mass is 290 g/mol. The van der Waals surface area contributed by atoms with Crippen molar-refractivity contribution in [2.75, 3.05) is 6.54 Å². The summed E-state index contributed by atoms with van der Waals surface area (Å²) in [6, 6.07) is 7.53. The third-order valence-corrected chi connectivity index (χ3v) is 4.58. The molecule has 0 aliphatic heterocycles. The van der Waals surface area contributed by atoms with Crippen LogP contribution in [0.15, 0.2) is 39.6 Å². The van der Waals surface area contributed by atoms with E-state index in [2.05, 4.69) is 34.0 Å². The zero-order valence-corrected chi connectivity index (χ0v) is 12.7. The van der Waals surface area contributed by atoms with Gasteiger partial charge in [0, 0.05) is 25.2 Å². The van der Waals surface area contributed by atoms with Gasteiger partial charge in [0.2, 0.25) is 0 Å². The Morgan fingerprint density at radius 1 is 1.45 bits per heavy atom. The highest BCUT2D eigenvalue weighted by atomic mass is 32.1. The number of nitrogens with one attached hydrogen (secondary N) is 1. The summed E-state index contributed by atoms with van der Waals surface area (Å²) in [7, 11) is 0. The zero-order chi connectivity index (χ0) is 13.8. The van der Waals surface area contributed by atoms with Gasteiger partial charge in [0.15, 0.2) is 0 Å². The second kappa shape index (κ2) is 6.57. The average molecular weight is 290 g/mol. The Kier molecular flexibility index (Phi) is 4.55. The van der Waals surface area contributed by atoms with Gasteiger partial charge in [-0.2, -0.15) is 11.3 Å². The molecule has 108 valence electrons. The molecule has 2 heterocycles. The molecule has 3 rings (SSSR count). The summed E-state index contributed by atoms with van der Waals surface area (Å²) < 4.78 is 5.35. The minimum absolute atomic E-state index is 0.553. The van der Waals surface area contributed by atoms with E-state index in [1.807, 2.05) is 12.1 Å². The topological polar surface area (TPSA) is 28.4 Å². The van der Waals surface area contributed by atoms with E-state index >= 15 is 0 Å². The number of rotatable bonds is 8. The minimum Gasteiger partial charge on any atom is -0.468 e. The molecule has 1 atom stereocenters. The number of furan rings is 1. The van der Waals surface area contributed by atoms with Crippen LogP contribution in [0.1, 0.15) is 31.1 Å². The van der Waals surface area contributed by atoms with E-state index in [1.165, 1.54) is 18.4 Å². The molecule has 2 aromatic heterocycles. The maximum atomic E-state index is 5.35. The van der Waals surface area contributed by atoms with Crippen LogP contribution in [0.5, 0.6) is 0 Å². The summed E-state index contributed by atoms with van der Waals surface area (Å²) in [5.41, 5.74) is 1.44. The molecule has 0 spiro atoms. The molecule has 1 saturated carbocycles. The molecular formula is C16H22N2OS. The average Bonchev–Trinajstić information content (AvgIpc) is 2.93. The molecule has 1 fully saturated rings. The maximum absolute atomic E-state index is 5.35. The molecule has 0 bridgehead atoms. The highest BCUT2D eigenvalue weighted by molar-refractivity contribution is 7.07. The largest absolute Gasteiger partial charge is 0.468 e. The van der Waals surface area contributed by atoms with Crippen LogP contribution in [-0.2, 0) is 13.1 Å². The first-order valence-corrected chi connectivity index (χ1v) is 8.27. The third kappa shape index (κ3) is 3.72. The summed E-state index contributed by atoms with van der Waals surface area (Å²) in [6.45, 7) is 5.22. The Balaban J connectivity index is 1.49. The van der Waals surface area contributed by atoms with Crippen molar-refractivity contribution in [3.8, 4) is 0 Å². The summed E-state index contributed by atoms with van der Waals surface area (Å²) in [5.74, 6) is 1.01. The molecule has 0 amide bonds. The van der Waals surface area contributed by atoms with Crippen LogP contribution < -0.4 is 5.32 Å². The molecule has 0 saturated heterocycles. The Bertz CT molecular complexity index is 491. The van der Waals surface area contributed by atoms with Gasteiger partial charge < -0.3 is 9.73 Å². The predicted octanol–water partition coefficient (Wildman–Crippen LogP) is 3.48. The molecule has 1 aliphatic rings.